The third-order valence-electron chi connectivity index (χ3n) is 2.88. The van der Waals surface area contributed by atoms with Crippen molar-refractivity contribution in [3.63, 3.8) is 0 Å². The number of carbonyl (C=O) groups is 1. The Kier molecular flexibility index (Phi) is 5.36. The van der Waals surface area contributed by atoms with Gasteiger partial charge in [0.15, 0.2) is 0 Å². The number of nitrogens with one attached hydrogen (secondary N) is 2. The van der Waals surface area contributed by atoms with Crippen molar-refractivity contribution in [3.8, 4) is 5.75 Å². The lowest BCUT2D eigenvalue weighted by Crippen LogP contribution is -2.47. The van der Waals surface area contributed by atoms with E-state index in [9.17, 15) is 4.79 Å². The van der Waals surface area contributed by atoms with Crippen molar-refractivity contribution in [1.29, 1.82) is 0 Å². The average Bonchev–Trinajstić information content (AvgIpc) is 2.28. The van der Waals surface area contributed by atoms with Crippen LogP contribution in [0.15, 0.2) is 18.2 Å². The monoisotopic (exact) mass is 264 g/mol. The second-order valence-electron chi connectivity index (χ2n) is 5.45. The molecule has 0 heterocycles. The Morgan fingerprint density at radius 1 is 1.37 bits per heavy atom. The summed E-state index contributed by atoms with van der Waals surface area (Å²) in [5.74, 6) is 0.862. The van der Waals surface area contributed by atoms with Crippen molar-refractivity contribution >= 4 is 5.91 Å². The van der Waals surface area contributed by atoms with Gasteiger partial charge in [0, 0.05) is 5.54 Å². The summed E-state index contributed by atoms with van der Waals surface area (Å²) in [7, 11) is 3.43. The smallest absolute Gasteiger partial charge is 0.234 e. The fourth-order valence-electron chi connectivity index (χ4n) is 2.15. The van der Waals surface area contributed by atoms with Crippen LogP contribution in [0.25, 0.3) is 0 Å². The van der Waals surface area contributed by atoms with Crippen LogP contribution in [-0.2, 0) is 11.2 Å². The Hall–Kier alpha value is -1.55. The third kappa shape index (κ3) is 4.91. The second-order valence-corrected chi connectivity index (χ2v) is 5.45. The first kappa shape index (κ1) is 15.5. The Morgan fingerprint density at radius 3 is 2.63 bits per heavy atom. The number of benzene rings is 1. The number of hydrogen-bond donors (Lipinski definition) is 2. The van der Waals surface area contributed by atoms with E-state index in [1.807, 2.05) is 26.0 Å². The molecule has 0 unspecified atom stereocenters. The molecule has 1 aromatic rings. The highest BCUT2D eigenvalue weighted by Gasteiger charge is 2.22. The van der Waals surface area contributed by atoms with Crippen LogP contribution in [0.1, 0.15) is 25.0 Å². The molecule has 1 rings (SSSR count). The summed E-state index contributed by atoms with van der Waals surface area (Å²) in [6.45, 7) is 6.41. The number of amides is 1. The molecule has 0 radical (unpaired) electrons. The molecule has 0 aromatic heterocycles. The highest BCUT2D eigenvalue weighted by molar-refractivity contribution is 5.78. The van der Waals surface area contributed by atoms with Gasteiger partial charge in [-0.1, -0.05) is 17.7 Å². The lowest BCUT2D eigenvalue weighted by atomic mass is 9.93. The molecule has 4 nitrogen and oxygen atoms in total. The summed E-state index contributed by atoms with van der Waals surface area (Å²) in [5, 5.41) is 5.87. The zero-order valence-corrected chi connectivity index (χ0v) is 12.5. The number of likely N-dealkylation sites (N-methyl/N-ethyl adjacent to an activating group) is 1. The molecule has 0 saturated carbocycles. The summed E-state index contributed by atoms with van der Waals surface area (Å²) < 4.78 is 5.37. The Bertz CT molecular complexity index is 442. The average molecular weight is 264 g/mol. The van der Waals surface area contributed by atoms with Gasteiger partial charge in [0.2, 0.25) is 5.91 Å². The molecule has 19 heavy (non-hydrogen) atoms. The van der Waals surface area contributed by atoms with Gasteiger partial charge in [0.05, 0.1) is 13.7 Å². The maximum Gasteiger partial charge on any atom is 0.234 e. The highest BCUT2D eigenvalue weighted by Crippen LogP contribution is 2.24. The quantitative estimate of drug-likeness (QED) is 0.821. The van der Waals surface area contributed by atoms with Gasteiger partial charge in [0.1, 0.15) is 5.75 Å². The molecule has 0 aliphatic heterocycles. The van der Waals surface area contributed by atoms with Gasteiger partial charge >= 0.3 is 0 Å². The summed E-state index contributed by atoms with van der Waals surface area (Å²) in [6, 6.07) is 6.09. The van der Waals surface area contributed by atoms with Crippen LogP contribution in [-0.4, -0.2) is 32.1 Å². The van der Waals surface area contributed by atoms with Crippen molar-refractivity contribution in [2.45, 2.75) is 32.7 Å². The van der Waals surface area contributed by atoms with Gasteiger partial charge < -0.3 is 15.4 Å². The molecule has 0 atom stereocenters. The topological polar surface area (TPSA) is 50.4 Å². The van der Waals surface area contributed by atoms with Crippen LogP contribution in [0.2, 0.25) is 0 Å². The van der Waals surface area contributed by atoms with Crippen LogP contribution in [0.5, 0.6) is 5.75 Å². The predicted molar refractivity (Wildman–Crippen MR) is 77.6 cm³/mol. The second kappa shape index (κ2) is 6.57. The van der Waals surface area contributed by atoms with E-state index in [-0.39, 0.29) is 11.4 Å². The summed E-state index contributed by atoms with van der Waals surface area (Å²) in [5.41, 5.74) is 1.99. The number of rotatable bonds is 6. The van der Waals surface area contributed by atoms with E-state index in [4.69, 9.17) is 4.74 Å². The molecule has 4 heteroatoms. The van der Waals surface area contributed by atoms with Gasteiger partial charge in [0.25, 0.3) is 0 Å². The van der Waals surface area contributed by atoms with E-state index >= 15 is 0 Å². The maximum atomic E-state index is 11.7. The van der Waals surface area contributed by atoms with Crippen LogP contribution < -0.4 is 15.4 Å². The molecule has 106 valence electrons. The molecule has 0 spiro atoms. The first-order valence-electron chi connectivity index (χ1n) is 6.47. The van der Waals surface area contributed by atoms with E-state index in [1.54, 1.807) is 14.2 Å². The molecule has 2 N–H and O–H groups in total. The summed E-state index contributed by atoms with van der Waals surface area (Å²) in [6.07, 6.45) is 0.729. The molecule has 0 aliphatic carbocycles. The van der Waals surface area contributed by atoms with Crippen molar-refractivity contribution in [1.82, 2.24) is 10.6 Å². The van der Waals surface area contributed by atoms with Gasteiger partial charge in [-0.25, -0.2) is 0 Å². The minimum Gasteiger partial charge on any atom is -0.496 e. The van der Waals surface area contributed by atoms with E-state index in [0.29, 0.717) is 6.54 Å². The lowest BCUT2D eigenvalue weighted by Gasteiger charge is -2.27. The zero-order valence-electron chi connectivity index (χ0n) is 12.5. The van der Waals surface area contributed by atoms with Crippen LogP contribution >= 0.6 is 0 Å². The van der Waals surface area contributed by atoms with Gasteiger partial charge in [-0.05, 0) is 45.9 Å². The molecular weight excluding hydrogens is 240 g/mol. The van der Waals surface area contributed by atoms with E-state index in [2.05, 4.69) is 23.6 Å². The molecule has 0 bridgehead atoms. The minimum absolute atomic E-state index is 0.000815. The molecule has 0 saturated heterocycles. The molecular formula is C15H24N2O2. The normalized spacial score (nSPS) is 11.2. The number of methoxy groups -OCH3 is 1. The van der Waals surface area contributed by atoms with Crippen LogP contribution in [0.4, 0.5) is 0 Å². The molecule has 0 fully saturated rings. The number of ether oxygens (including phenoxy) is 1. The van der Waals surface area contributed by atoms with Crippen molar-refractivity contribution in [2.75, 3.05) is 20.7 Å². The largest absolute Gasteiger partial charge is 0.496 e. The van der Waals surface area contributed by atoms with Crippen molar-refractivity contribution in [2.24, 2.45) is 0 Å². The highest BCUT2D eigenvalue weighted by atomic mass is 16.5. The van der Waals surface area contributed by atoms with E-state index in [1.165, 1.54) is 5.56 Å². The third-order valence-corrected chi connectivity index (χ3v) is 2.88. The van der Waals surface area contributed by atoms with E-state index in [0.717, 1.165) is 17.7 Å². The SMILES string of the molecule is CNCC(=O)NC(C)(C)Cc1cc(C)ccc1OC. The van der Waals surface area contributed by atoms with Gasteiger partial charge in [-0.2, -0.15) is 0 Å². The maximum absolute atomic E-state index is 11.7. The van der Waals surface area contributed by atoms with E-state index < -0.39 is 0 Å². The summed E-state index contributed by atoms with van der Waals surface area (Å²) in [4.78, 5) is 11.7. The minimum atomic E-state index is -0.311. The lowest BCUT2D eigenvalue weighted by molar-refractivity contribution is -0.121. The van der Waals surface area contributed by atoms with Crippen LogP contribution in [0.3, 0.4) is 0 Å². The molecule has 0 aliphatic rings. The zero-order chi connectivity index (χ0) is 14.5. The molecule has 1 amide bonds. The Morgan fingerprint density at radius 2 is 2.05 bits per heavy atom. The first-order chi connectivity index (χ1) is 8.88. The van der Waals surface area contributed by atoms with Crippen molar-refractivity contribution < 1.29 is 9.53 Å². The number of hydrogen-bond acceptors (Lipinski definition) is 3. The van der Waals surface area contributed by atoms with Crippen LogP contribution in [0, 0.1) is 6.92 Å². The number of carbonyl (C=O) groups excluding carboxylic acids is 1. The standard InChI is InChI=1S/C15H24N2O2/c1-11-6-7-13(19-5)12(8-11)9-15(2,3)17-14(18)10-16-4/h6-8,16H,9-10H2,1-5H3,(H,17,18). The Labute approximate surface area is 115 Å². The Balaban J connectivity index is 2.82. The fraction of sp³-hybridized carbons (Fsp3) is 0.533. The predicted octanol–water partition coefficient (Wildman–Crippen LogP) is 1.66. The van der Waals surface area contributed by atoms with Gasteiger partial charge in [-0.15, -0.1) is 0 Å². The van der Waals surface area contributed by atoms with Gasteiger partial charge in [-0.3, -0.25) is 4.79 Å². The van der Waals surface area contributed by atoms with Crippen molar-refractivity contribution in [3.05, 3.63) is 29.3 Å². The summed E-state index contributed by atoms with van der Waals surface area (Å²) >= 11 is 0. The first-order valence-corrected chi connectivity index (χ1v) is 6.47. The fourth-order valence-corrected chi connectivity index (χ4v) is 2.15. The molecule has 1 aromatic carbocycles. The number of aryl methyl sites for hydroxylation is 1.